The van der Waals surface area contributed by atoms with Crippen LogP contribution in [0.1, 0.15) is 64.7 Å². The van der Waals surface area contributed by atoms with Crippen molar-refractivity contribution in [1.29, 1.82) is 5.41 Å². The molecule has 0 aliphatic carbocycles. The molecule has 0 aromatic rings. The molecule has 0 aromatic carbocycles. The van der Waals surface area contributed by atoms with E-state index in [9.17, 15) is 4.79 Å². The van der Waals surface area contributed by atoms with Crippen molar-refractivity contribution in [2.45, 2.75) is 64.7 Å². The standard InChI is InChI=1S/C12H23NO/c1-2-3-4-5-6-7-8-9-10-12(13)11-14/h11,13H,2-10H2,1H3. The van der Waals surface area contributed by atoms with E-state index in [2.05, 4.69) is 6.92 Å². The SMILES string of the molecule is CCCCCCCCCCC(=N)C=O. The topological polar surface area (TPSA) is 40.9 Å². The summed E-state index contributed by atoms with van der Waals surface area (Å²) in [7, 11) is 0. The van der Waals surface area contributed by atoms with Gasteiger partial charge in [0.1, 0.15) is 0 Å². The maximum atomic E-state index is 10.1. The van der Waals surface area contributed by atoms with Gasteiger partial charge in [-0.1, -0.05) is 51.9 Å². The normalized spacial score (nSPS) is 10.1. The second-order valence-electron chi connectivity index (χ2n) is 3.87. The second kappa shape index (κ2) is 10.4. The predicted octanol–water partition coefficient (Wildman–Crippen LogP) is 3.74. The fraction of sp³-hybridized carbons (Fsp3) is 0.833. The highest BCUT2D eigenvalue weighted by Crippen LogP contribution is 2.09. The van der Waals surface area contributed by atoms with Gasteiger partial charge in [0.15, 0.2) is 6.29 Å². The van der Waals surface area contributed by atoms with Crippen LogP contribution in [0, 0.1) is 5.41 Å². The predicted molar refractivity (Wildman–Crippen MR) is 61.0 cm³/mol. The van der Waals surface area contributed by atoms with E-state index in [1.165, 1.54) is 44.9 Å². The quantitative estimate of drug-likeness (QED) is 0.323. The first-order valence-electron chi connectivity index (χ1n) is 5.84. The molecule has 0 bridgehead atoms. The Morgan fingerprint density at radius 3 is 2.00 bits per heavy atom. The number of aldehydes is 1. The summed E-state index contributed by atoms with van der Waals surface area (Å²) in [4.78, 5) is 10.1. The van der Waals surface area contributed by atoms with Crippen LogP contribution in [0.3, 0.4) is 0 Å². The van der Waals surface area contributed by atoms with Gasteiger partial charge in [-0.2, -0.15) is 0 Å². The van der Waals surface area contributed by atoms with Gasteiger partial charge in [0.25, 0.3) is 0 Å². The molecule has 0 fully saturated rings. The molecule has 0 unspecified atom stereocenters. The van der Waals surface area contributed by atoms with Crippen molar-refractivity contribution in [1.82, 2.24) is 0 Å². The summed E-state index contributed by atoms with van der Waals surface area (Å²) in [6.07, 6.45) is 11.4. The number of hydrogen-bond donors (Lipinski definition) is 1. The third kappa shape index (κ3) is 9.43. The van der Waals surface area contributed by atoms with Gasteiger partial charge in [0.2, 0.25) is 0 Å². The molecule has 0 amide bonds. The molecule has 0 radical (unpaired) electrons. The van der Waals surface area contributed by atoms with E-state index in [1.54, 1.807) is 0 Å². The van der Waals surface area contributed by atoms with Crippen LogP contribution >= 0.6 is 0 Å². The number of hydrogen-bond acceptors (Lipinski definition) is 2. The van der Waals surface area contributed by atoms with Crippen molar-refractivity contribution in [3.05, 3.63) is 0 Å². The number of unbranched alkanes of at least 4 members (excludes halogenated alkanes) is 7. The van der Waals surface area contributed by atoms with Crippen LogP contribution < -0.4 is 0 Å². The summed E-state index contributed by atoms with van der Waals surface area (Å²) in [5, 5.41) is 7.14. The number of carbonyl (C=O) groups excluding carboxylic acids is 1. The van der Waals surface area contributed by atoms with Gasteiger partial charge in [0.05, 0.1) is 5.71 Å². The highest BCUT2D eigenvalue weighted by atomic mass is 16.1. The highest BCUT2D eigenvalue weighted by Gasteiger charge is 1.94. The van der Waals surface area contributed by atoms with E-state index in [0.717, 1.165) is 6.42 Å². The van der Waals surface area contributed by atoms with E-state index >= 15 is 0 Å². The summed E-state index contributed by atoms with van der Waals surface area (Å²) in [5.74, 6) is 0. The van der Waals surface area contributed by atoms with Crippen LogP contribution in [0.4, 0.5) is 0 Å². The van der Waals surface area contributed by atoms with Crippen molar-refractivity contribution in [2.75, 3.05) is 0 Å². The van der Waals surface area contributed by atoms with Crippen LogP contribution in [-0.4, -0.2) is 12.0 Å². The average Bonchev–Trinajstić information content (AvgIpc) is 2.21. The molecule has 0 saturated carbocycles. The largest absolute Gasteiger partial charge is 0.302 e. The molecule has 0 heterocycles. The molecular formula is C12H23NO. The van der Waals surface area contributed by atoms with Crippen molar-refractivity contribution in [2.24, 2.45) is 0 Å². The lowest BCUT2D eigenvalue weighted by atomic mass is 10.1. The van der Waals surface area contributed by atoms with Gasteiger partial charge in [-0.05, 0) is 12.8 Å². The van der Waals surface area contributed by atoms with E-state index in [4.69, 9.17) is 5.41 Å². The van der Waals surface area contributed by atoms with Crippen molar-refractivity contribution >= 4 is 12.0 Å². The molecular weight excluding hydrogens is 174 g/mol. The molecule has 0 atom stereocenters. The molecule has 0 aliphatic heterocycles. The lowest BCUT2D eigenvalue weighted by molar-refractivity contribution is -0.102. The van der Waals surface area contributed by atoms with Crippen LogP contribution in [0.5, 0.6) is 0 Å². The van der Waals surface area contributed by atoms with Crippen LogP contribution in [0.2, 0.25) is 0 Å². The molecule has 1 N–H and O–H groups in total. The van der Waals surface area contributed by atoms with E-state index < -0.39 is 0 Å². The molecule has 0 spiro atoms. The lowest BCUT2D eigenvalue weighted by Gasteiger charge is -2.00. The maximum Gasteiger partial charge on any atom is 0.163 e. The van der Waals surface area contributed by atoms with Crippen molar-refractivity contribution in [3.8, 4) is 0 Å². The molecule has 82 valence electrons. The fourth-order valence-electron chi connectivity index (χ4n) is 1.51. The number of rotatable bonds is 10. The summed E-state index contributed by atoms with van der Waals surface area (Å²) < 4.78 is 0. The number of nitrogens with one attached hydrogen (secondary N) is 1. The molecule has 0 rings (SSSR count). The van der Waals surface area contributed by atoms with Gasteiger partial charge in [0, 0.05) is 0 Å². The van der Waals surface area contributed by atoms with Crippen LogP contribution in [0.15, 0.2) is 0 Å². The monoisotopic (exact) mass is 197 g/mol. The number of carbonyl (C=O) groups is 1. The first kappa shape index (κ1) is 13.3. The van der Waals surface area contributed by atoms with Gasteiger partial charge < -0.3 is 5.41 Å². The van der Waals surface area contributed by atoms with Gasteiger partial charge in [-0.15, -0.1) is 0 Å². The third-order valence-corrected chi connectivity index (χ3v) is 2.44. The zero-order chi connectivity index (χ0) is 10.6. The summed E-state index contributed by atoms with van der Waals surface area (Å²) in [6.45, 7) is 2.23. The minimum atomic E-state index is 0.246. The first-order valence-corrected chi connectivity index (χ1v) is 5.84. The van der Waals surface area contributed by atoms with Gasteiger partial charge in [-0.3, -0.25) is 4.79 Å². The summed E-state index contributed by atoms with van der Waals surface area (Å²) in [6, 6.07) is 0. The molecule has 2 nitrogen and oxygen atoms in total. The molecule has 0 aliphatic rings. The average molecular weight is 197 g/mol. The van der Waals surface area contributed by atoms with E-state index in [-0.39, 0.29) is 5.71 Å². The Morgan fingerprint density at radius 1 is 1.00 bits per heavy atom. The maximum absolute atomic E-state index is 10.1. The van der Waals surface area contributed by atoms with Crippen LogP contribution in [-0.2, 0) is 4.79 Å². The molecule has 0 saturated heterocycles. The molecule has 2 heteroatoms. The Balaban J connectivity index is 2.99. The first-order chi connectivity index (χ1) is 6.81. The van der Waals surface area contributed by atoms with Crippen molar-refractivity contribution in [3.63, 3.8) is 0 Å². The summed E-state index contributed by atoms with van der Waals surface area (Å²) in [5.41, 5.74) is 0.246. The Bertz CT molecular complexity index is 154. The Kier molecular flexibility index (Phi) is 9.93. The Labute approximate surface area is 87.6 Å². The fourth-order valence-corrected chi connectivity index (χ4v) is 1.51. The third-order valence-electron chi connectivity index (χ3n) is 2.44. The molecule has 0 aromatic heterocycles. The summed E-state index contributed by atoms with van der Waals surface area (Å²) >= 11 is 0. The van der Waals surface area contributed by atoms with Gasteiger partial charge in [-0.25, -0.2) is 0 Å². The Morgan fingerprint density at radius 2 is 1.50 bits per heavy atom. The smallest absolute Gasteiger partial charge is 0.163 e. The van der Waals surface area contributed by atoms with Crippen LogP contribution in [0.25, 0.3) is 0 Å². The van der Waals surface area contributed by atoms with E-state index in [0.29, 0.717) is 12.7 Å². The Hall–Kier alpha value is -0.660. The minimum absolute atomic E-state index is 0.246. The zero-order valence-electron chi connectivity index (χ0n) is 9.35. The lowest BCUT2D eigenvalue weighted by Crippen LogP contribution is -1.96. The molecule has 14 heavy (non-hydrogen) atoms. The van der Waals surface area contributed by atoms with Gasteiger partial charge >= 0.3 is 0 Å². The zero-order valence-corrected chi connectivity index (χ0v) is 9.35. The minimum Gasteiger partial charge on any atom is -0.302 e. The van der Waals surface area contributed by atoms with Crippen molar-refractivity contribution < 1.29 is 4.79 Å². The highest BCUT2D eigenvalue weighted by molar-refractivity contribution is 6.26. The second-order valence-corrected chi connectivity index (χ2v) is 3.87. The van der Waals surface area contributed by atoms with E-state index in [1.807, 2.05) is 0 Å².